The number of aliphatic imine (C=N–C) groups is 1. The van der Waals surface area contributed by atoms with E-state index in [1.54, 1.807) is 24.3 Å². The Labute approximate surface area is 221 Å². The van der Waals surface area contributed by atoms with Crippen molar-refractivity contribution in [1.29, 1.82) is 0 Å². The Hall–Kier alpha value is -3.83. The van der Waals surface area contributed by atoms with Gasteiger partial charge in [0.2, 0.25) is 5.91 Å². The van der Waals surface area contributed by atoms with Crippen molar-refractivity contribution in [2.75, 3.05) is 45.1 Å². The summed E-state index contributed by atoms with van der Waals surface area (Å²) in [6.07, 6.45) is 1.32. The summed E-state index contributed by atoms with van der Waals surface area (Å²) < 4.78 is 13.1. The Morgan fingerprint density at radius 2 is 1.71 bits per heavy atom. The molecule has 0 aliphatic carbocycles. The van der Waals surface area contributed by atoms with Gasteiger partial charge in [0.05, 0.1) is 6.34 Å². The number of halogens is 1. The first kappa shape index (κ1) is 27.2. The first-order chi connectivity index (χ1) is 18.0. The number of hydrogen-bond donors (Lipinski definition) is 4. The lowest BCUT2D eigenvalue weighted by molar-refractivity contribution is -0.132. The summed E-state index contributed by atoms with van der Waals surface area (Å²) in [4.78, 5) is 47.4. The number of nitrogens with zero attached hydrogens (tertiary/aromatic N) is 3. The van der Waals surface area contributed by atoms with E-state index in [-0.39, 0.29) is 5.54 Å². The number of carbonyl (C=O) groups is 3. The highest BCUT2D eigenvalue weighted by molar-refractivity contribution is 6.04. The van der Waals surface area contributed by atoms with Crippen LogP contribution in [0.1, 0.15) is 29.8 Å². The number of likely N-dealkylation sites (N-methyl/N-ethyl adjacent to an activating group) is 1. The van der Waals surface area contributed by atoms with E-state index in [4.69, 9.17) is 5.73 Å². The highest BCUT2D eigenvalue weighted by Gasteiger charge is 2.52. The van der Waals surface area contributed by atoms with Crippen molar-refractivity contribution >= 4 is 29.7 Å². The van der Waals surface area contributed by atoms with Crippen LogP contribution < -0.4 is 21.7 Å². The van der Waals surface area contributed by atoms with Gasteiger partial charge in [-0.15, -0.1) is 0 Å². The second kappa shape index (κ2) is 10.9. The summed E-state index contributed by atoms with van der Waals surface area (Å²) in [6, 6.07) is 10.5. The number of piperazine rings is 1. The molecule has 4 rings (SSSR count). The van der Waals surface area contributed by atoms with Crippen molar-refractivity contribution in [3.05, 3.63) is 65.5 Å². The Morgan fingerprint density at radius 3 is 2.32 bits per heavy atom. The smallest absolute Gasteiger partial charge is 0.255 e. The van der Waals surface area contributed by atoms with Crippen molar-refractivity contribution in [3.8, 4) is 0 Å². The predicted molar refractivity (Wildman–Crippen MR) is 143 cm³/mol. The summed E-state index contributed by atoms with van der Waals surface area (Å²) in [7, 11) is 2.09. The molecule has 3 amide bonds. The van der Waals surface area contributed by atoms with E-state index in [1.807, 2.05) is 0 Å². The topological polar surface area (TPSA) is 132 Å². The Kier molecular flexibility index (Phi) is 7.79. The van der Waals surface area contributed by atoms with Crippen molar-refractivity contribution < 1.29 is 18.8 Å². The van der Waals surface area contributed by atoms with Crippen LogP contribution in [-0.4, -0.2) is 85.2 Å². The molecule has 10 nitrogen and oxygen atoms in total. The van der Waals surface area contributed by atoms with Gasteiger partial charge in [-0.25, -0.2) is 4.39 Å². The number of carbonyl (C=O) groups excluding carboxylic acids is 3. The highest BCUT2D eigenvalue weighted by Crippen LogP contribution is 2.31. The van der Waals surface area contributed by atoms with Gasteiger partial charge in [-0.3, -0.25) is 24.3 Å². The van der Waals surface area contributed by atoms with Gasteiger partial charge in [0.15, 0.2) is 11.6 Å². The molecule has 2 aliphatic heterocycles. The van der Waals surface area contributed by atoms with E-state index in [0.29, 0.717) is 23.4 Å². The van der Waals surface area contributed by atoms with Crippen molar-refractivity contribution in [3.63, 3.8) is 0 Å². The Balaban J connectivity index is 1.46. The van der Waals surface area contributed by atoms with Gasteiger partial charge in [0.25, 0.3) is 11.8 Å². The Morgan fingerprint density at radius 1 is 1.08 bits per heavy atom. The summed E-state index contributed by atoms with van der Waals surface area (Å²) in [5.41, 5.74) is 5.15. The minimum Gasteiger partial charge on any atom is -0.367 e. The molecule has 0 spiro atoms. The van der Waals surface area contributed by atoms with E-state index in [1.165, 1.54) is 30.6 Å². The lowest BCUT2D eigenvalue weighted by Gasteiger charge is -2.43. The second-order valence-corrected chi connectivity index (χ2v) is 10.4. The van der Waals surface area contributed by atoms with Crippen LogP contribution in [0.25, 0.3) is 0 Å². The van der Waals surface area contributed by atoms with Gasteiger partial charge < -0.3 is 26.6 Å². The van der Waals surface area contributed by atoms with E-state index < -0.39 is 35.1 Å². The molecule has 2 atom stereocenters. The molecule has 2 aromatic carbocycles. The lowest BCUT2D eigenvalue weighted by atomic mass is 9.82. The third-order valence-corrected chi connectivity index (χ3v) is 7.32. The molecule has 0 aromatic heterocycles. The molecule has 2 aromatic rings. The van der Waals surface area contributed by atoms with Gasteiger partial charge in [0, 0.05) is 49.5 Å². The SMILES string of the molecule is CN1CCN(C(C)(C)CNC(=O)C2N=CNC2(C(N)=O)c2ccc(NC(=O)c3ccc(F)cc3)cc2)CC1. The minimum absolute atomic E-state index is 0.285. The zero-order valence-electron chi connectivity index (χ0n) is 21.8. The van der Waals surface area contributed by atoms with Gasteiger partial charge in [-0.1, -0.05) is 12.1 Å². The van der Waals surface area contributed by atoms with Crippen LogP contribution in [-0.2, 0) is 15.1 Å². The number of primary amides is 1. The molecular formula is C27H34FN7O3. The maximum absolute atomic E-state index is 13.3. The molecule has 2 heterocycles. The number of nitrogens with one attached hydrogen (secondary N) is 3. The molecule has 5 N–H and O–H groups in total. The van der Waals surface area contributed by atoms with Crippen molar-refractivity contribution in [2.45, 2.75) is 31.0 Å². The van der Waals surface area contributed by atoms with E-state index >= 15 is 0 Å². The van der Waals surface area contributed by atoms with Crippen LogP contribution >= 0.6 is 0 Å². The number of amides is 3. The highest BCUT2D eigenvalue weighted by atomic mass is 19.1. The maximum Gasteiger partial charge on any atom is 0.255 e. The average molecular weight is 524 g/mol. The normalized spacial score (nSPS) is 22.1. The summed E-state index contributed by atoms with van der Waals surface area (Å²) >= 11 is 0. The van der Waals surface area contributed by atoms with Gasteiger partial charge in [-0.2, -0.15) is 0 Å². The number of hydrogen-bond acceptors (Lipinski definition) is 7. The van der Waals surface area contributed by atoms with Crippen molar-refractivity contribution in [2.24, 2.45) is 10.7 Å². The molecule has 2 aliphatic rings. The Bertz CT molecular complexity index is 1210. The third kappa shape index (κ3) is 5.53. The molecule has 1 fully saturated rings. The number of rotatable bonds is 8. The molecular weight excluding hydrogens is 489 g/mol. The number of nitrogens with two attached hydrogens (primary N) is 1. The minimum atomic E-state index is -1.58. The summed E-state index contributed by atoms with van der Waals surface area (Å²) in [5.74, 6) is -2.02. The van der Waals surface area contributed by atoms with Crippen molar-refractivity contribution in [1.82, 2.24) is 20.4 Å². The van der Waals surface area contributed by atoms with E-state index in [2.05, 4.69) is 51.6 Å². The van der Waals surface area contributed by atoms with Gasteiger partial charge >= 0.3 is 0 Å². The molecule has 11 heteroatoms. The first-order valence-electron chi connectivity index (χ1n) is 12.5. The molecule has 2 unspecified atom stereocenters. The quantitative estimate of drug-likeness (QED) is 0.407. The van der Waals surface area contributed by atoms with Crippen LogP contribution in [0.4, 0.5) is 10.1 Å². The van der Waals surface area contributed by atoms with Crippen LogP contribution in [0.5, 0.6) is 0 Å². The lowest BCUT2D eigenvalue weighted by Crippen LogP contribution is -2.62. The zero-order chi connectivity index (χ0) is 27.5. The van der Waals surface area contributed by atoms with Crippen LogP contribution in [0.15, 0.2) is 53.5 Å². The van der Waals surface area contributed by atoms with E-state index in [0.717, 1.165) is 26.2 Å². The first-order valence-corrected chi connectivity index (χ1v) is 12.5. The summed E-state index contributed by atoms with van der Waals surface area (Å²) in [6.45, 7) is 8.25. The molecule has 0 radical (unpaired) electrons. The fourth-order valence-electron chi connectivity index (χ4n) is 4.80. The number of anilines is 1. The summed E-state index contributed by atoms with van der Waals surface area (Å²) in [5, 5.41) is 8.61. The number of benzene rings is 2. The molecule has 202 valence electrons. The second-order valence-electron chi connectivity index (χ2n) is 10.4. The third-order valence-electron chi connectivity index (χ3n) is 7.32. The van der Waals surface area contributed by atoms with Crippen LogP contribution in [0.3, 0.4) is 0 Å². The fraction of sp³-hybridized carbons (Fsp3) is 0.407. The average Bonchev–Trinajstić information content (AvgIpc) is 3.35. The molecule has 38 heavy (non-hydrogen) atoms. The predicted octanol–water partition coefficient (Wildman–Crippen LogP) is 0.901. The van der Waals surface area contributed by atoms with Crippen LogP contribution in [0.2, 0.25) is 0 Å². The largest absolute Gasteiger partial charge is 0.367 e. The molecule has 0 saturated carbocycles. The zero-order valence-corrected chi connectivity index (χ0v) is 21.8. The monoisotopic (exact) mass is 523 g/mol. The van der Waals surface area contributed by atoms with Gasteiger partial charge in [0.1, 0.15) is 5.82 Å². The fourth-order valence-corrected chi connectivity index (χ4v) is 4.80. The molecule has 0 bridgehead atoms. The van der Waals surface area contributed by atoms with E-state index in [9.17, 15) is 18.8 Å². The van der Waals surface area contributed by atoms with Crippen LogP contribution in [0, 0.1) is 5.82 Å². The van der Waals surface area contributed by atoms with Gasteiger partial charge in [-0.05, 0) is 62.9 Å². The standard InChI is InChI=1S/C27H34FN7O3/c1-26(2,35-14-12-34(3)13-15-35)16-30-24(37)22-27(25(29)38,32-17-31-22)19-6-10-21(11-7-19)33-23(36)18-4-8-20(28)9-5-18/h4-11,17,22H,12-16H2,1-3H3,(H2,29,38)(H,30,37)(H,31,32)(H,33,36). The molecule has 1 saturated heterocycles. The maximum atomic E-state index is 13.3.